The lowest BCUT2D eigenvalue weighted by molar-refractivity contribution is 0.410. The van der Waals surface area contributed by atoms with Crippen molar-refractivity contribution in [3.8, 4) is 5.75 Å². The summed E-state index contributed by atoms with van der Waals surface area (Å²) < 4.78 is 18.8. The van der Waals surface area contributed by atoms with Gasteiger partial charge in [0.2, 0.25) is 0 Å². The van der Waals surface area contributed by atoms with E-state index < -0.39 is 5.38 Å². The summed E-state index contributed by atoms with van der Waals surface area (Å²) in [6.45, 7) is 3.66. The van der Waals surface area contributed by atoms with Crippen LogP contribution in [0.5, 0.6) is 5.75 Å². The van der Waals surface area contributed by atoms with Crippen molar-refractivity contribution in [3.63, 3.8) is 0 Å². The van der Waals surface area contributed by atoms with Crippen molar-refractivity contribution in [1.29, 1.82) is 0 Å². The van der Waals surface area contributed by atoms with Gasteiger partial charge in [0, 0.05) is 10.6 Å². The molecule has 0 aromatic heterocycles. The van der Waals surface area contributed by atoms with Gasteiger partial charge in [-0.05, 0) is 43.2 Å². The number of alkyl halides is 1. The molecular weight excluding hydrogens is 298 g/mol. The summed E-state index contributed by atoms with van der Waals surface area (Å²) in [4.78, 5) is 0. The number of halogens is 3. The fourth-order valence-electron chi connectivity index (χ4n) is 2.09. The zero-order chi connectivity index (χ0) is 14.9. The van der Waals surface area contributed by atoms with Crippen LogP contribution in [-0.2, 0) is 0 Å². The molecule has 0 saturated heterocycles. The third-order valence-corrected chi connectivity index (χ3v) is 4.01. The Morgan fingerprint density at radius 1 is 1.10 bits per heavy atom. The molecule has 1 atom stereocenters. The van der Waals surface area contributed by atoms with Crippen molar-refractivity contribution in [1.82, 2.24) is 0 Å². The topological polar surface area (TPSA) is 9.23 Å². The van der Waals surface area contributed by atoms with E-state index >= 15 is 0 Å². The summed E-state index contributed by atoms with van der Waals surface area (Å²) in [5.74, 6) is 0.354. The first-order valence-corrected chi connectivity index (χ1v) is 6.99. The first-order valence-electron chi connectivity index (χ1n) is 6.18. The quantitative estimate of drug-likeness (QED) is 0.686. The van der Waals surface area contributed by atoms with Gasteiger partial charge in [0.1, 0.15) is 11.6 Å². The molecule has 0 aliphatic rings. The summed E-state index contributed by atoms with van der Waals surface area (Å²) in [6.07, 6.45) is 0. The Bertz CT molecular complexity index is 641. The molecule has 0 amide bonds. The van der Waals surface area contributed by atoms with E-state index in [1.165, 1.54) is 6.07 Å². The van der Waals surface area contributed by atoms with Crippen molar-refractivity contribution >= 4 is 23.2 Å². The van der Waals surface area contributed by atoms with Crippen LogP contribution in [0.3, 0.4) is 0 Å². The van der Waals surface area contributed by atoms with Crippen LogP contribution >= 0.6 is 23.2 Å². The van der Waals surface area contributed by atoms with E-state index in [2.05, 4.69) is 0 Å². The van der Waals surface area contributed by atoms with Crippen molar-refractivity contribution in [2.45, 2.75) is 19.2 Å². The minimum Gasteiger partial charge on any atom is -0.496 e. The van der Waals surface area contributed by atoms with E-state index in [1.54, 1.807) is 20.1 Å². The van der Waals surface area contributed by atoms with Gasteiger partial charge < -0.3 is 4.74 Å². The number of benzene rings is 2. The Morgan fingerprint density at radius 3 is 2.45 bits per heavy atom. The predicted molar refractivity (Wildman–Crippen MR) is 81.6 cm³/mol. The molecule has 2 aromatic carbocycles. The molecular formula is C16H15Cl2FO. The predicted octanol–water partition coefficient (Wildman–Crippen LogP) is 5.43. The maximum absolute atomic E-state index is 13.5. The van der Waals surface area contributed by atoms with Gasteiger partial charge >= 0.3 is 0 Å². The normalized spacial score (nSPS) is 12.3. The highest BCUT2D eigenvalue weighted by atomic mass is 35.5. The monoisotopic (exact) mass is 312 g/mol. The molecule has 0 N–H and O–H groups in total. The molecule has 1 unspecified atom stereocenters. The standard InChI is InChI=1S/C16H15Cl2FO/c1-9-4-5-15(20-3)12(6-9)16(18)11-7-10(2)14(19)8-13(11)17/h4-8,16H,1-3H3. The lowest BCUT2D eigenvalue weighted by Gasteiger charge is -2.17. The van der Waals surface area contributed by atoms with Gasteiger partial charge in [-0.1, -0.05) is 29.3 Å². The van der Waals surface area contributed by atoms with Crippen molar-refractivity contribution in [2.75, 3.05) is 7.11 Å². The van der Waals surface area contributed by atoms with Gasteiger partial charge in [-0.15, -0.1) is 11.6 Å². The lowest BCUT2D eigenvalue weighted by Crippen LogP contribution is -2.00. The van der Waals surface area contributed by atoms with Crippen LogP contribution in [0, 0.1) is 19.7 Å². The summed E-state index contributed by atoms with van der Waals surface area (Å²) in [5.41, 5.74) is 3.08. The molecule has 0 aliphatic carbocycles. The molecule has 106 valence electrons. The third-order valence-electron chi connectivity index (χ3n) is 3.21. The average Bonchev–Trinajstić information content (AvgIpc) is 2.42. The van der Waals surface area contributed by atoms with Crippen molar-refractivity contribution < 1.29 is 9.13 Å². The maximum Gasteiger partial charge on any atom is 0.127 e. The smallest absolute Gasteiger partial charge is 0.127 e. The molecule has 2 rings (SSSR count). The van der Waals surface area contributed by atoms with Gasteiger partial charge in [-0.2, -0.15) is 0 Å². The molecule has 0 bridgehead atoms. The van der Waals surface area contributed by atoms with Crippen LogP contribution in [0.1, 0.15) is 27.6 Å². The highest BCUT2D eigenvalue weighted by Crippen LogP contribution is 2.39. The fraction of sp³-hybridized carbons (Fsp3) is 0.250. The molecule has 4 heteroatoms. The number of ether oxygens (including phenoxy) is 1. The SMILES string of the molecule is COc1ccc(C)cc1C(Cl)c1cc(C)c(F)cc1Cl. The van der Waals surface area contributed by atoms with Crippen LogP contribution in [0.25, 0.3) is 0 Å². The molecule has 0 radical (unpaired) electrons. The zero-order valence-corrected chi connectivity index (χ0v) is 13.0. The van der Waals surface area contributed by atoms with Gasteiger partial charge in [-0.25, -0.2) is 4.39 Å². The second-order valence-electron chi connectivity index (χ2n) is 4.73. The lowest BCUT2D eigenvalue weighted by atomic mass is 10.00. The minimum absolute atomic E-state index is 0.316. The van der Waals surface area contributed by atoms with Crippen molar-refractivity contribution in [3.05, 3.63) is 63.4 Å². The Labute approximate surface area is 128 Å². The Morgan fingerprint density at radius 2 is 1.80 bits per heavy atom. The Kier molecular flexibility index (Phi) is 4.56. The Balaban J connectivity index is 2.54. The van der Waals surface area contributed by atoms with E-state index in [-0.39, 0.29) is 5.82 Å². The highest BCUT2D eigenvalue weighted by molar-refractivity contribution is 6.33. The molecule has 2 aromatic rings. The summed E-state index contributed by atoms with van der Waals surface area (Å²) >= 11 is 12.6. The molecule has 0 heterocycles. The second-order valence-corrected chi connectivity index (χ2v) is 5.57. The van der Waals surface area contributed by atoms with E-state index in [1.807, 2.05) is 25.1 Å². The number of hydrogen-bond donors (Lipinski definition) is 0. The van der Waals surface area contributed by atoms with Crippen LogP contribution in [0.15, 0.2) is 30.3 Å². The van der Waals surface area contributed by atoms with Crippen molar-refractivity contribution in [2.24, 2.45) is 0 Å². The summed E-state index contributed by atoms with van der Waals surface area (Å²) in [7, 11) is 1.59. The van der Waals surface area contributed by atoms with Gasteiger partial charge in [0.15, 0.2) is 0 Å². The minimum atomic E-state index is -0.489. The molecule has 20 heavy (non-hydrogen) atoms. The highest BCUT2D eigenvalue weighted by Gasteiger charge is 2.19. The van der Waals surface area contributed by atoms with E-state index in [4.69, 9.17) is 27.9 Å². The molecule has 0 saturated carbocycles. The third kappa shape index (κ3) is 2.92. The number of rotatable bonds is 3. The summed E-state index contributed by atoms with van der Waals surface area (Å²) in [5, 5.41) is -0.173. The second kappa shape index (κ2) is 6.02. The van der Waals surface area contributed by atoms with Gasteiger partial charge in [-0.3, -0.25) is 0 Å². The largest absolute Gasteiger partial charge is 0.496 e. The first-order chi connectivity index (χ1) is 9.43. The molecule has 1 nitrogen and oxygen atoms in total. The average molecular weight is 313 g/mol. The molecule has 0 fully saturated rings. The fourth-order valence-corrected chi connectivity index (χ4v) is 2.76. The number of aryl methyl sites for hydroxylation is 2. The Hall–Kier alpha value is -1.25. The van der Waals surface area contributed by atoms with Crippen LogP contribution in [0.2, 0.25) is 5.02 Å². The molecule has 0 aliphatic heterocycles. The van der Waals surface area contributed by atoms with Crippen LogP contribution < -0.4 is 4.74 Å². The van der Waals surface area contributed by atoms with Crippen LogP contribution in [-0.4, -0.2) is 7.11 Å². The van der Waals surface area contributed by atoms with E-state index in [9.17, 15) is 4.39 Å². The maximum atomic E-state index is 13.5. The number of methoxy groups -OCH3 is 1. The van der Waals surface area contributed by atoms with E-state index in [0.717, 1.165) is 11.1 Å². The molecule has 0 spiro atoms. The summed E-state index contributed by atoms with van der Waals surface area (Å²) in [6, 6.07) is 8.74. The zero-order valence-electron chi connectivity index (χ0n) is 11.5. The van der Waals surface area contributed by atoms with Gasteiger partial charge in [0.05, 0.1) is 12.5 Å². The van der Waals surface area contributed by atoms with Crippen LogP contribution in [0.4, 0.5) is 4.39 Å². The van der Waals surface area contributed by atoms with Gasteiger partial charge in [0.25, 0.3) is 0 Å². The number of hydrogen-bond acceptors (Lipinski definition) is 1. The van der Waals surface area contributed by atoms with E-state index in [0.29, 0.717) is 21.9 Å². The first kappa shape index (κ1) is 15.1.